The van der Waals surface area contributed by atoms with Crippen LogP contribution in [0.1, 0.15) is 105 Å². The Labute approximate surface area is 461 Å². The molecular formula is C52H50BCl4IN6O10. The highest BCUT2D eigenvalue weighted by atomic mass is 127. The number of hydrogen-bond donors (Lipinski definition) is 0. The summed E-state index contributed by atoms with van der Waals surface area (Å²) in [7, 11) is -0.0648. The van der Waals surface area contributed by atoms with Crippen molar-refractivity contribution in [2.45, 2.75) is 102 Å². The lowest BCUT2D eigenvalue weighted by Gasteiger charge is -2.33. The maximum absolute atomic E-state index is 11.4. The van der Waals surface area contributed by atoms with Crippen molar-refractivity contribution in [3.63, 3.8) is 0 Å². The maximum Gasteiger partial charge on any atom is 0.454 e. The van der Waals surface area contributed by atoms with Crippen LogP contribution >= 0.6 is 69.0 Å². The Morgan fingerprint density at radius 3 is 0.973 bits per heavy atom. The van der Waals surface area contributed by atoms with E-state index in [4.69, 9.17) is 55.7 Å². The summed E-state index contributed by atoms with van der Waals surface area (Å²) in [5.41, 5.74) is 5.15. The van der Waals surface area contributed by atoms with Gasteiger partial charge in [0, 0.05) is 39.2 Å². The third-order valence-corrected chi connectivity index (χ3v) is 15.8. The molecule has 0 amide bonds. The molecule has 0 N–H and O–H groups in total. The molecule has 0 spiro atoms. The lowest BCUT2D eigenvalue weighted by molar-refractivity contribution is -0.384. The van der Waals surface area contributed by atoms with Gasteiger partial charge >= 0.3 is 7.12 Å². The molecule has 4 unspecified atom stereocenters. The lowest BCUT2D eigenvalue weighted by atomic mass is 9.90. The molecule has 4 atom stereocenters. The Balaban J connectivity index is 0.000000182. The molecule has 9 rings (SSSR count). The summed E-state index contributed by atoms with van der Waals surface area (Å²) in [4.78, 5) is 48.1. The standard InChI is InChI=1S/C23H19Cl2N3O4.C22H16Cl2IN3O4.C7H15BO2/c1-14-2-6-17(7-3-14)26-20(15-4-8-18(24)22(12-15)27(29)30)10-11-21(26)16-5-9-19(25)23(13-16)28(31)32;23-17-7-1-13(11-21(17)27(29)30)19-9-10-20(26(19)16-5-3-15(25)4-6-16)14-2-8-18(24)22(12-14)28(31)32;1-6(2)7(3,4)10-8(5)9-6/h2-9,12-13,20-21H,10-11H2,1H3;1-8,11-12,19-20H,9-10H2;1-5H3. The van der Waals surface area contributed by atoms with E-state index in [1.54, 1.807) is 48.5 Å². The Morgan fingerprint density at radius 1 is 0.486 bits per heavy atom. The average Bonchev–Trinajstić information content (AvgIpc) is 4.03. The second kappa shape index (κ2) is 23.1. The Morgan fingerprint density at radius 2 is 0.743 bits per heavy atom. The molecule has 3 aliphatic rings. The molecule has 0 aliphatic carbocycles. The van der Waals surface area contributed by atoms with Crippen LogP contribution in [0, 0.1) is 51.0 Å². The third kappa shape index (κ3) is 12.4. The van der Waals surface area contributed by atoms with Crippen LogP contribution in [0.15, 0.2) is 121 Å². The van der Waals surface area contributed by atoms with E-state index >= 15 is 0 Å². The molecule has 3 heterocycles. The first kappa shape index (κ1) is 56.1. The first-order chi connectivity index (χ1) is 34.9. The zero-order valence-electron chi connectivity index (χ0n) is 40.9. The van der Waals surface area contributed by atoms with Gasteiger partial charge in [0.1, 0.15) is 20.1 Å². The number of nitrogens with zero attached hydrogens (tertiary/aromatic N) is 6. The number of benzene rings is 6. The van der Waals surface area contributed by atoms with Gasteiger partial charge in [-0.2, -0.15) is 0 Å². The average molecular weight is 1200 g/mol. The second-order valence-electron chi connectivity index (χ2n) is 19.0. The normalized spacial score (nSPS) is 19.5. The maximum atomic E-state index is 11.4. The van der Waals surface area contributed by atoms with E-state index < -0.39 is 19.7 Å². The highest BCUT2D eigenvalue weighted by Crippen LogP contribution is 2.50. The van der Waals surface area contributed by atoms with Crippen molar-refractivity contribution in [2.75, 3.05) is 9.80 Å². The van der Waals surface area contributed by atoms with Crippen molar-refractivity contribution in [3.8, 4) is 0 Å². The van der Waals surface area contributed by atoms with Crippen molar-refractivity contribution in [2.24, 2.45) is 0 Å². The summed E-state index contributed by atoms with van der Waals surface area (Å²) in [5.74, 6) is 0. The van der Waals surface area contributed by atoms with Crippen LogP contribution in [-0.2, 0) is 9.31 Å². The Bertz CT molecular complexity index is 2750. The number of aryl methyl sites for hydroxylation is 1. The molecule has 6 aromatic rings. The van der Waals surface area contributed by atoms with Gasteiger partial charge in [0.25, 0.3) is 22.7 Å². The fourth-order valence-corrected chi connectivity index (χ4v) is 10.7. The topological polar surface area (TPSA) is 198 Å². The predicted octanol–water partition coefficient (Wildman–Crippen LogP) is 16.4. The molecular weight excluding hydrogens is 1150 g/mol. The van der Waals surface area contributed by atoms with Crippen molar-refractivity contribution in [3.05, 3.63) is 213 Å². The Hall–Kier alpha value is -5.61. The summed E-state index contributed by atoms with van der Waals surface area (Å²) in [5, 5.41) is 46.1. The first-order valence-corrected chi connectivity index (χ1v) is 26.0. The molecule has 3 aliphatic heterocycles. The van der Waals surface area contributed by atoms with Gasteiger partial charge in [0.05, 0.1) is 55.1 Å². The third-order valence-electron chi connectivity index (χ3n) is 13.8. The minimum absolute atomic E-state index is 0.0648. The second-order valence-corrected chi connectivity index (χ2v) is 21.9. The van der Waals surface area contributed by atoms with Crippen LogP contribution in [0.25, 0.3) is 0 Å². The van der Waals surface area contributed by atoms with Gasteiger partial charge in [0.15, 0.2) is 0 Å². The minimum atomic E-state index is -0.490. The van der Waals surface area contributed by atoms with Crippen molar-refractivity contribution in [1.82, 2.24) is 0 Å². The van der Waals surface area contributed by atoms with E-state index in [-0.39, 0.29) is 85.3 Å². The largest absolute Gasteiger partial charge is 0.454 e. The molecule has 3 saturated heterocycles. The first-order valence-electron chi connectivity index (χ1n) is 23.4. The summed E-state index contributed by atoms with van der Waals surface area (Å²) < 4.78 is 12.2. The highest BCUT2D eigenvalue weighted by Gasteiger charge is 2.49. The van der Waals surface area contributed by atoms with E-state index in [1.165, 1.54) is 24.3 Å². The number of anilines is 2. The molecule has 0 saturated carbocycles. The molecule has 3 fully saturated rings. The summed E-state index contributed by atoms with van der Waals surface area (Å²) in [6.07, 6.45) is 2.86. The monoisotopic (exact) mass is 1200 g/mol. The van der Waals surface area contributed by atoms with Crippen LogP contribution in [0.5, 0.6) is 0 Å². The quantitative estimate of drug-likeness (QED) is 0.0545. The Kier molecular flexibility index (Phi) is 17.5. The van der Waals surface area contributed by atoms with Crippen molar-refractivity contribution >= 4 is 110 Å². The van der Waals surface area contributed by atoms with Gasteiger partial charge in [-0.3, -0.25) is 40.5 Å². The van der Waals surface area contributed by atoms with E-state index in [1.807, 2.05) is 62.3 Å². The summed E-state index contributed by atoms with van der Waals surface area (Å²) >= 11 is 26.3. The summed E-state index contributed by atoms with van der Waals surface area (Å²) in [6.45, 7) is 12.1. The molecule has 74 heavy (non-hydrogen) atoms. The number of halogens is 5. The highest BCUT2D eigenvalue weighted by molar-refractivity contribution is 14.1. The molecule has 16 nitrogen and oxygen atoms in total. The van der Waals surface area contributed by atoms with Gasteiger partial charge in [-0.1, -0.05) is 88.4 Å². The van der Waals surface area contributed by atoms with Crippen LogP contribution in [0.4, 0.5) is 34.1 Å². The fourth-order valence-electron chi connectivity index (χ4n) is 9.63. The van der Waals surface area contributed by atoms with Gasteiger partial charge in [-0.25, -0.2) is 0 Å². The molecule has 22 heteroatoms. The van der Waals surface area contributed by atoms with Gasteiger partial charge in [-0.15, -0.1) is 0 Å². The van der Waals surface area contributed by atoms with Crippen molar-refractivity contribution < 1.29 is 29.0 Å². The van der Waals surface area contributed by atoms with E-state index in [0.29, 0.717) is 25.7 Å². The zero-order chi connectivity index (χ0) is 54.0. The van der Waals surface area contributed by atoms with E-state index in [0.717, 1.165) is 42.8 Å². The predicted molar refractivity (Wildman–Crippen MR) is 299 cm³/mol. The smallest absolute Gasteiger partial charge is 0.403 e. The van der Waals surface area contributed by atoms with Gasteiger partial charge in [0.2, 0.25) is 0 Å². The lowest BCUT2D eigenvalue weighted by Crippen LogP contribution is -2.41. The van der Waals surface area contributed by atoms with Gasteiger partial charge < -0.3 is 19.1 Å². The zero-order valence-corrected chi connectivity index (χ0v) is 46.1. The van der Waals surface area contributed by atoms with Crippen LogP contribution in [0.3, 0.4) is 0 Å². The van der Waals surface area contributed by atoms with Crippen molar-refractivity contribution in [1.29, 1.82) is 0 Å². The molecule has 386 valence electrons. The van der Waals surface area contributed by atoms with E-state index in [2.05, 4.69) is 60.1 Å². The van der Waals surface area contributed by atoms with E-state index in [9.17, 15) is 40.5 Å². The summed E-state index contributed by atoms with van der Waals surface area (Å²) in [6, 6.07) is 34.7. The van der Waals surface area contributed by atoms with Crippen LogP contribution < -0.4 is 9.80 Å². The number of nitro benzene ring substituents is 4. The van der Waals surface area contributed by atoms with Crippen LogP contribution in [-0.4, -0.2) is 38.0 Å². The molecule has 0 aromatic heterocycles. The molecule has 0 radical (unpaired) electrons. The van der Waals surface area contributed by atoms with Gasteiger partial charge in [-0.05, 0) is 173 Å². The minimum Gasteiger partial charge on any atom is -0.403 e. The number of nitro groups is 4. The SMILES string of the molecule is CB1OC(C)(C)C(C)(C)O1.Cc1ccc(N2C(c3ccc(Cl)c([N+](=O)[O-])c3)CCC2c2ccc(Cl)c([N+](=O)[O-])c2)cc1.O=[N+]([O-])c1cc(C2CCC(c3ccc(Cl)c([N+](=O)[O-])c3)N2c2ccc(I)cc2)ccc1Cl. The fraction of sp³-hybridized carbons (Fsp3) is 0.308. The molecule has 0 bridgehead atoms. The number of rotatable bonds is 10. The molecule has 6 aromatic carbocycles. The van der Waals surface area contributed by atoms with Crippen LogP contribution in [0.2, 0.25) is 26.9 Å². The number of hydrogen-bond acceptors (Lipinski definition) is 12.